The van der Waals surface area contributed by atoms with Crippen LogP contribution in [0.1, 0.15) is 35.6 Å². The first kappa shape index (κ1) is 19.4. The van der Waals surface area contributed by atoms with E-state index < -0.39 is 5.91 Å². The first-order chi connectivity index (χ1) is 12.4. The van der Waals surface area contributed by atoms with Crippen LogP contribution in [0.2, 0.25) is 0 Å². The summed E-state index contributed by atoms with van der Waals surface area (Å²) >= 11 is 0. The topological polar surface area (TPSA) is 79.9 Å². The number of methoxy groups -OCH3 is 1. The maximum absolute atomic E-state index is 12.4. The molecule has 0 saturated carbocycles. The number of nitrogens with one attached hydrogen (secondary N) is 1. The number of aromatic nitrogens is 2. The number of nitrogens with zero attached hydrogens (tertiary/aromatic N) is 3. The van der Waals surface area contributed by atoms with Gasteiger partial charge in [-0.1, -0.05) is 6.07 Å². The van der Waals surface area contributed by atoms with Crippen LogP contribution in [0.5, 0.6) is 0 Å². The van der Waals surface area contributed by atoms with Crippen molar-refractivity contribution in [1.82, 2.24) is 9.55 Å². The second-order valence-electron chi connectivity index (χ2n) is 6.29. The molecule has 0 saturated heterocycles. The molecular weight excluding hydrogens is 328 g/mol. The van der Waals surface area contributed by atoms with E-state index in [1.807, 2.05) is 39.0 Å². The van der Waals surface area contributed by atoms with Gasteiger partial charge in [-0.05, 0) is 57.5 Å². The molecular formula is C20H24N4O2. The van der Waals surface area contributed by atoms with Gasteiger partial charge < -0.3 is 14.6 Å². The van der Waals surface area contributed by atoms with Gasteiger partial charge in [-0.3, -0.25) is 4.79 Å². The molecule has 26 heavy (non-hydrogen) atoms. The van der Waals surface area contributed by atoms with Crippen LogP contribution in [0.3, 0.4) is 0 Å². The molecule has 1 amide bonds. The molecule has 0 fully saturated rings. The van der Waals surface area contributed by atoms with Crippen LogP contribution >= 0.6 is 0 Å². The van der Waals surface area contributed by atoms with Gasteiger partial charge in [0.1, 0.15) is 17.5 Å². The van der Waals surface area contributed by atoms with E-state index in [1.54, 1.807) is 25.3 Å². The Hall–Kier alpha value is -2.91. The van der Waals surface area contributed by atoms with Gasteiger partial charge in [0.05, 0.1) is 12.6 Å². The van der Waals surface area contributed by atoms with E-state index in [2.05, 4.69) is 21.8 Å². The van der Waals surface area contributed by atoms with Gasteiger partial charge in [0.2, 0.25) is 0 Å². The third-order valence-electron chi connectivity index (χ3n) is 4.17. The number of amides is 1. The number of pyridine rings is 1. The number of rotatable bonds is 6. The SMILES string of the molecule is COCC(C)n1c(C)cc(/C=C(/C#N)C(=O)Nc2cccc(C)n2)c1C. The minimum absolute atomic E-state index is 0.0351. The average molecular weight is 352 g/mol. The molecule has 2 rings (SSSR count). The Kier molecular flexibility index (Phi) is 6.31. The summed E-state index contributed by atoms with van der Waals surface area (Å²) in [4.78, 5) is 16.7. The highest BCUT2D eigenvalue weighted by atomic mass is 16.5. The summed E-state index contributed by atoms with van der Waals surface area (Å²) in [5.74, 6) is -0.0457. The van der Waals surface area contributed by atoms with Gasteiger partial charge in [-0.25, -0.2) is 4.98 Å². The Morgan fingerprint density at radius 2 is 2.15 bits per heavy atom. The third-order valence-corrected chi connectivity index (χ3v) is 4.17. The molecule has 0 radical (unpaired) electrons. The largest absolute Gasteiger partial charge is 0.383 e. The molecule has 0 spiro atoms. The zero-order valence-corrected chi connectivity index (χ0v) is 15.8. The van der Waals surface area contributed by atoms with Crippen LogP contribution in [-0.4, -0.2) is 29.2 Å². The standard InChI is InChI=1S/C20H24N4O2/c1-13-7-6-8-19(22-13)23-20(25)18(11-21)10-17-9-14(2)24(16(17)4)15(3)12-26-5/h6-10,15H,12H2,1-5H3,(H,22,23,25)/b18-10-. The van der Waals surface area contributed by atoms with Crippen molar-refractivity contribution in [2.24, 2.45) is 0 Å². The number of anilines is 1. The summed E-state index contributed by atoms with van der Waals surface area (Å²) in [6.45, 7) is 8.47. The van der Waals surface area contributed by atoms with Gasteiger partial charge in [0.15, 0.2) is 0 Å². The Bertz CT molecular complexity index is 874. The molecule has 1 unspecified atom stereocenters. The first-order valence-electron chi connectivity index (χ1n) is 8.41. The molecule has 2 aromatic rings. The zero-order chi connectivity index (χ0) is 19.3. The Morgan fingerprint density at radius 3 is 2.77 bits per heavy atom. The number of hydrogen-bond acceptors (Lipinski definition) is 4. The van der Waals surface area contributed by atoms with Crippen LogP contribution in [0.25, 0.3) is 6.08 Å². The molecule has 1 atom stereocenters. The lowest BCUT2D eigenvalue weighted by molar-refractivity contribution is -0.112. The minimum atomic E-state index is -0.472. The summed E-state index contributed by atoms with van der Waals surface area (Å²) in [5.41, 5.74) is 3.71. The summed E-state index contributed by atoms with van der Waals surface area (Å²) < 4.78 is 7.38. The van der Waals surface area contributed by atoms with Gasteiger partial charge in [-0.15, -0.1) is 0 Å². The Balaban J connectivity index is 2.30. The second kappa shape index (κ2) is 8.45. The Morgan fingerprint density at radius 1 is 1.42 bits per heavy atom. The van der Waals surface area contributed by atoms with Crippen molar-refractivity contribution in [2.45, 2.75) is 33.7 Å². The predicted molar refractivity (Wildman–Crippen MR) is 102 cm³/mol. The molecule has 0 aliphatic rings. The highest BCUT2D eigenvalue weighted by molar-refractivity contribution is 6.09. The summed E-state index contributed by atoms with van der Waals surface area (Å²) in [5, 5.41) is 12.1. The number of carbonyl (C=O) groups excluding carboxylic acids is 1. The molecule has 2 aromatic heterocycles. The van der Waals surface area contributed by atoms with Crippen molar-refractivity contribution in [2.75, 3.05) is 19.0 Å². The van der Waals surface area contributed by atoms with E-state index in [0.717, 1.165) is 22.6 Å². The van der Waals surface area contributed by atoms with Crippen molar-refractivity contribution < 1.29 is 9.53 Å². The molecule has 0 aliphatic carbocycles. The number of ether oxygens (including phenoxy) is 1. The molecule has 6 nitrogen and oxygen atoms in total. The quantitative estimate of drug-likeness (QED) is 0.637. The van der Waals surface area contributed by atoms with Crippen molar-refractivity contribution in [3.8, 4) is 6.07 Å². The smallest absolute Gasteiger partial charge is 0.267 e. The first-order valence-corrected chi connectivity index (χ1v) is 8.41. The van der Waals surface area contributed by atoms with Crippen LogP contribution in [0, 0.1) is 32.1 Å². The van der Waals surface area contributed by atoms with E-state index in [1.165, 1.54) is 0 Å². The van der Waals surface area contributed by atoms with Crippen molar-refractivity contribution >= 4 is 17.8 Å². The van der Waals surface area contributed by atoms with E-state index in [4.69, 9.17) is 4.74 Å². The van der Waals surface area contributed by atoms with E-state index in [0.29, 0.717) is 12.4 Å². The van der Waals surface area contributed by atoms with Crippen LogP contribution < -0.4 is 5.32 Å². The molecule has 1 N–H and O–H groups in total. The zero-order valence-electron chi connectivity index (χ0n) is 15.8. The highest BCUT2D eigenvalue weighted by Gasteiger charge is 2.16. The molecule has 2 heterocycles. The lowest BCUT2D eigenvalue weighted by atomic mass is 10.1. The minimum Gasteiger partial charge on any atom is -0.383 e. The van der Waals surface area contributed by atoms with Gasteiger partial charge in [0, 0.05) is 24.2 Å². The molecule has 136 valence electrons. The average Bonchev–Trinajstić information content (AvgIpc) is 2.86. The third kappa shape index (κ3) is 4.38. The molecule has 0 bridgehead atoms. The lowest BCUT2D eigenvalue weighted by Gasteiger charge is -2.17. The van der Waals surface area contributed by atoms with Crippen molar-refractivity contribution in [3.63, 3.8) is 0 Å². The van der Waals surface area contributed by atoms with Gasteiger partial charge in [-0.2, -0.15) is 5.26 Å². The number of aryl methyl sites for hydroxylation is 2. The molecule has 0 aromatic carbocycles. The lowest BCUT2D eigenvalue weighted by Crippen LogP contribution is -2.15. The fourth-order valence-electron chi connectivity index (χ4n) is 3.04. The molecule has 0 aliphatic heterocycles. The van der Waals surface area contributed by atoms with E-state index >= 15 is 0 Å². The highest BCUT2D eigenvalue weighted by Crippen LogP contribution is 2.23. The number of hydrogen-bond donors (Lipinski definition) is 1. The van der Waals surface area contributed by atoms with Crippen molar-refractivity contribution in [3.05, 3.63) is 52.5 Å². The maximum atomic E-state index is 12.4. The van der Waals surface area contributed by atoms with Gasteiger partial charge >= 0.3 is 0 Å². The monoisotopic (exact) mass is 352 g/mol. The van der Waals surface area contributed by atoms with Crippen LogP contribution in [-0.2, 0) is 9.53 Å². The number of carbonyl (C=O) groups is 1. The van der Waals surface area contributed by atoms with Crippen molar-refractivity contribution in [1.29, 1.82) is 5.26 Å². The van der Waals surface area contributed by atoms with Crippen LogP contribution in [0.15, 0.2) is 29.8 Å². The van der Waals surface area contributed by atoms with Gasteiger partial charge in [0.25, 0.3) is 5.91 Å². The summed E-state index contributed by atoms with van der Waals surface area (Å²) in [7, 11) is 1.67. The molecule has 6 heteroatoms. The predicted octanol–water partition coefficient (Wildman–Crippen LogP) is 3.56. The fourth-order valence-corrected chi connectivity index (χ4v) is 3.04. The maximum Gasteiger partial charge on any atom is 0.267 e. The van der Waals surface area contributed by atoms with E-state index in [-0.39, 0.29) is 11.6 Å². The summed E-state index contributed by atoms with van der Waals surface area (Å²) in [6, 6.07) is 9.45. The van der Waals surface area contributed by atoms with E-state index in [9.17, 15) is 10.1 Å². The number of nitriles is 1. The van der Waals surface area contributed by atoms with Crippen LogP contribution in [0.4, 0.5) is 5.82 Å². The normalized spacial score (nSPS) is 12.5. The summed E-state index contributed by atoms with van der Waals surface area (Å²) in [6.07, 6.45) is 1.61. The fraction of sp³-hybridized carbons (Fsp3) is 0.350. The Labute approximate surface area is 154 Å². The second-order valence-corrected chi connectivity index (χ2v) is 6.29.